The Hall–Kier alpha value is -2.15. The van der Waals surface area contributed by atoms with Crippen LogP contribution in [-0.2, 0) is 13.1 Å². The summed E-state index contributed by atoms with van der Waals surface area (Å²) in [6.45, 7) is 6.73. The molecule has 1 fully saturated rings. The molecule has 2 aromatic rings. The first-order chi connectivity index (χ1) is 15.5. The summed E-state index contributed by atoms with van der Waals surface area (Å²) in [6, 6.07) is 10.1. The van der Waals surface area contributed by atoms with Crippen LogP contribution in [0.25, 0.3) is 0 Å². The summed E-state index contributed by atoms with van der Waals surface area (Å²) in [5.41, 5.74) is 3.44. The second-order valence-corrected chi connectivity index (χ2v) is 8.96. The number of aromatic nitrogens is 1. The van der Waals surface area contributed by atoms with E-state index in [1.165, 1.54) is 37.7 Å². The number of hydrogen-bond donors (Lipinski definition) is 1. The number of aliphatic hydroxyl groups excluding tert-OH is 1. The van der Waals surface area contributed by atoms with Gasteiger partial charge in [0.1, 0.15) is 12.7 Å². The van der Waals surface area contributed by atoms with E-state index in [9.17, 15) is 5.11 Å². The van der Waals surface area contributed by atoms with Crippen molar-refractivity contribution in [2.45, 2.75) is 58.2 Å². The van der Waals surface area contributed by atoms with E-state index in [2.05, 4.69) is 40.9 Å². The van der Waals surface area contributed by atoms with E-state index in [1.54, 1.807) is 7.11 Å². The van der Waals surface area contributed by atoms with Crippen molar-refractivity contribution in [2.24, 2.45) is 0 Å². The molecule has 1 atom stereocenters. The topological polar surface area (TPSA) is 58.1 Å². The lowest BCUT2D eigenvalue weighted by atomic mass is 10.1. The lowest BCUT2D eigenvalue weighted by molar-refractivity contribution is 0.0645. The van der Waals surface area contributed by atoms with Gasteiger partial charge in [0.05, 0.1) is 12.8 Å². The molecule has 0 amide bonds. The normalized spacial score (nSPS) is 16.4. The molecule has 1 aliphatic heterocycles. The van der Waals surface area contributed by atoms with Gasteiger partial charge >= 0.3 is 0 Å². The Bertz CT molecular complexity index is 822. The van der Waals surface area contributed by atoms with Crippen molar-refractivity contribution in [3.05, 3.63) is 53.3 Å². The van der Waals surface area contributed by atoms with Crippen LogP contribution in [-0.4, -0.2) is 66.4 Å². The van der Waals surface area contributed by atoms with E-state index in [4.69, 9.17) is 9.47 Å². The molecule has 1 saturated heterocycles. The van der Waals surface area contributed by atoms with Crippen molar-refractivity contribution in [1.82, 2.24) is 14.8 Å². The zero-order valence-corrected chi connectivity index (χ0v) is 19.9. The Labute approximate surface area is 193 Å². The van der Waals surface area contributed by atoms with Crippen molar-refractivity contribution in [1.29, 1.82) is 0 Å². The Morgan fingerprint density at radius 2 is 1.81 bits per heavy atom. The first-order valence-corrected chi connectivity index (χ1v) is 11.8. The number of likely N-dealkylation sites (tertiary alicyclic amines) is 1. The molecule has 0 saturated carbocycles. The molecule has 176 valence electrons. The summed E-state index contributed by atoms with van der Waals surface area (Å²) in [5, 5.41) is 10.5. The van der Waals surface area contributed by atoms with Crippen molar-refractivity contribution in [2.75, 3.05) is 40.4 Å². The van der Waals surface area contributed by atoms with Gasteiger partial charge in [-0.1, -0.05) is 31.4 Å². The van der Waals surface area contributed by atoms with Gasteiger partial charge in [-0.3, -0.25) is 9.88 Å². The lowest BCUT2D eigenvalue weighted by Crippen LogP contribution is -2.37. The first kappa shape index (κ1) is 24.5. The first-order valence-electron chi connectivity index (χ1n) is 11.8. The van der Waals surface area contributed by atoms with E-state index in [0.29, 0.717) is 18.0 Å². The maximum Gasteiger partial charge on any atom is 0.161 e. The molecule has 1 aromatic heterocycles. The third-order valence-corrected chi connectivity index (χ3v) is 6.07. The van der Waals surface area contributed by atoms with E-state index in [0.717, 1.165) is 37.4 Å². The van der Waals surface area contributed by atoms with Gasteiger partial charge in [-0.05, 0) is 69.2 Å². The van der Waals surface area contributed by atoms with Crippen molar-refractivity contribution >= 4 is 0 Å². The van der Waals surface area contributed by atoms with Gasteiger partial charge in [-0.2, -0.15) is 0 Å². The van der Waals surface area contributed by atoms with Crippen LogP contribution in [0.15, 0.2) is 36.5 Å². The highest BCUT2D eigenvalue weighted by molar-refractivity contribution is 5.43. The molecular weight excluding hydrogens is 402 g/mol. The number of β-amino-alcohol motifs (C(OH)–C–C–N with tert-alkyl or cyclic N) is 1. The predicted octanol–water partition coefficient (Wildman–Crippen LogP) is 4.04. The second-order valence-electron chi connectivity index (χ2n) is 8.96. The minimum absolute atomic E-state index is 0.269. The van der Waals surface area contributed by atoms with E-state index in [-0.39, 0.29) is 6.61 Å². The predicted molar refractivity (Wildman–Crippen MR) is 128 cm³/mol. The fourth-order valence-corrected chi connectivity index (χ4v) is 4.27. The highest BCUT2D eigenvalue weighted by atomic mass is 16.5. The molecule has 0 aliphatic carbocycles. The Morgan fingerprint density at radius 3 is 2.53 bits per heavy atom. The number of rotatable bonds is 10. The SMILES string of the molecule is COc1cc(CN(C)Cc2ncccc2C)ccc1OCC(O)CN1CCCCCCC1. The van der Waals surface area contributed by atoms with Crippen molar-refractivity contribution in [3.8, 4) is 11.5 Å². The van der Waals surface area contributed by atoms with Crippen LogP contribution < -0.4 is 9.47 Å². The van der Waals surface area contributed by atoms with Gasteiger partial charge in [0, 0.05) is 25.8 Å². The van der Waals surface area contributed by atoms with E-state index in [1.807, 2.05) is 24.4 Å². The fraction of sp³-hybridized carbons (Fsp3) is 0.577. The van der Waals surface area contributed by atoms with E-state index < -0.39 is 6.10 Å². The molecule has 32 heavy (non-hydrogen) atoms. The summed E-state index contributed by atoms with van der Waals surface area (Å²) >= 11 is 0. The standard InChI is InChI=1S/C26H39N3O3/c1-21-10-9-13-27-24(21)19-28(2)17-22-11-12-25(26(16-22)31-3)32-20-23(30)18-29-14-7-5-4-6-8-15-29/h9-13,16,23,30H,4-8,14-15,17-20H2,1-3H3. The van der Waals surface area contributed by atoms with Crippen LogP contribution in [0.5, 0.6) is 11.5 Å². The summed E-state index contributed by atoms with van der Waals surface area (Å²) in [6.07, 6.45) is 7.70. The molecular formula is C26H39N3O3. The second kappa shape index (κ2) is 12.8. The Balaban J connectivity index is 1.51. The largest absolute Gasteiger partial charge is 0.493 e. The highest BCUT2D eigenvalue weighted by Gasteiger charge is 2.15. The Kier molecular flexibility index (Phi) is 9.78. The van der Waals surface area contributed by atoms with Gasteiger partial charge in [0.15, 0.2) is 11.5 Å². The zero-order valence-electron chi connectivity index (χ0n) is 19.9. The van der Waals surface area contributed by atoms with E-state index >= 15 is 0 Å². The van der Waals surface area contributed by atoms with Crippen LogP contribution >= 0.6 is 0 Å². The van der Waals surface area contributed by atoms with Crippen molar-refractivity contribution in [3.63, 3.8) is 0 Å². The Morgan fingerprint density at radius 1 is 1.06 bits per heavy atom. The molecule has 1 unspecified atom stereocenters. The number of methoxy groups -OCH3 is 1. The van der Waals surface area contributed by atoms with Gasteiger partial charge in [-0.25, -0.2) is 0 Å². The number of ether oxygens (including phenoxy) is 2. The third-order valence-electron chi connectivity index (χ3n) is 6.07. The molecule has 0 radical (unpaired) electrons. The molecule has 3 rings (SSSR count). The summed E-state index contributed by atoms with van der Waals surface area (Å²) in [4.78, 5) is 9.09. The average molecular weight is 442 g/mol. The zero-order chi connectivity index (χ0) is 22.8. The summed E-state index contributed by atoms with van der Waals surface area (Å²) in [5.74, 6) is 1.37. The summed E-state index contributed by atoms with van der Waals surface area (Å²) in [7, 11) is 3.75. The van der Waals surface area contributed by atoms with Gasteiger partial charge in [0.25, 0.3) is 0 Å². The molecule has 0 bridgehead atoms. The average Bonchev–Trinajstić information content (AvgIpc) is 2.76. The van der Waals surface area contributed by atoms with Crippen LogP contribution in [0, 0.1) is 6.92 Å². The maximum atomic E-state index is 10.5. The lowest BCUT2D eigenvalue weighted by Gasteiger charge is -2.26. The molecule has 1 aromatic carbocycles. The van der Waals surface area contributed by atoms with Gasteiger partial charge in [-0.15, -0.1) is 0 Å². The monoisotopic (exact) mass is 441 g/mol. The minimum Gasteiger partial charge on any atom is -0.493 e. The number of nitrogens with zero attached hydrogens (tertiary/aromatic N) is 3. The van der Waals surface area contributed by atoms with Crippen molar-refractivity contribution < 1.29 is 14.6 Å². The van der Waals surface area contributed by atoms with Crippen LogP contribution in [0.4, 0.5) is 0 Å². The van der Waals surface area contributed by atoms with Gasteiger partial charge < -0.3 is 19.5 Å². The van der Waals surface area contributed by atoms with Gasteiger partial charge in [0.2, 0.25) is 0 Å². The number of pyridine rings is 1. The fourth-order valence-electron chi connectivity index (χ4n) is 4.27. The molecule has 6 nitrogen and oxygen atoms in total. The molecule has 0 spiro atoms. The third kappa shape index (κ3) is 7.76. The number of benzene rings is 1. The smallest absolute Gasteiger partial charge is 0.161 e. The van der Waals surface area contributed by atoms with Crippen LogP contribution in [0.2, 0.25) is 0 Å². The van der Waals surface area contributed by atoms with Crippen LogP contribution in [0.3, 0.4) is 0 Å². The minimum atomic E-state index is -0.508. The molecule has 2 heterocycles. The molecule has 6 heteroatoms. The van der Waals surface area contributed by atoms with Crippen LogP contribution in [0.1, 0.15) is 48.9 Å². The quantitative estimate of drug-likeness (QED) is 0.601. The number of aryl methyl sites for hydroxylation is 1. The molecule has 1 N–H and O–H groups in total. The number of hydrogen-bond acceptors (Lipinski definition) is 6. The molecule has 1 aliphatic rings. The highest BCUT2D eigenvalue weighted by Crippen LogP contribution is 2.29. The summed E-state index contributed by atoms with van der Waals surface area (Å²) < 4.78 is 11.5. The maximum absolute atomic E-state index is 10.5. The number of aliphatic hydroxyl groups is 1.